The van der Waals surface area contributed by atoms with Gasteiger partial charge in [-0.3, -0.25) is 14.7 Å². The van der Waals surface area contributed by atoms with Crippen LogP contribution in [0.2, 0.25) is 0 Å². The fourth-order valence-electron chi connectivity index (χ4n) is 3.23. The van der Waals surface area contributed by atoms with E-state index in [-0.39, 0.29) is 17.3 Å². The largest absolute Gasteiger partial charge is 0.497 e. The quantitative estimate of drug-likeness (QED) is 0.379. The summed E-state index contributed by atoms with van der Waals surface area (Å²) in [6, 6.07) is 17.1. The maximum absolute atomic E-state index is 13.5. The first-order valence-corrected chi connectivity index (χ1v) is 12.7. The van der Waals surface area contributed by atoms with Crippen molar-refractivity contribution in [3.63, 3.8) is 0 Å². The van der Waals surface area contributed by atoms with Crippen molar-refractivity contribution in [1.29, 1.82) is 0 Å². The molecule has 2 aromatic carbocycles. The second-order valence-electron chi connectivity index (χ2n) is 7.66. The van der Waals surface area contributed by atoms with Gasteiger partial charge in [-0.05, 0) is 62.4 Å². The lowest BCUT2D eigenvalue weighted by Gasteiger charge is -2.20. The molecule has 0 bridgehead atoms. The van der Waals surface area contributed by atoms with E-state index in [1.165, 1.54) is 23.5 Å². The number of fused-ring (bicyclic) bond motifs is 1. The summed E-state index contributed by atoms with van der Waals surface area (Å²) < 4.78 is 31.1. The zero-order chi connectivity index (χ0) is 23.6. The van der Waals surface area contributed by atoms with Crippen LogP contribution in [0.15, 0.2) is 71.8 Å². The summed E-state index contributed by atoms with van der Waals surface area (Å²) >= 11 is 1.39. The molecule has 0 aliphatic rings. The van der Waals surface area contributed by atoms with Gasteiger partial charge >= 0.3 is 0 Å². The molecule has 0 spiro atoms. The van der Waals surface area contributed by atoms with Crippen LogP contribution in [0.4, 0.5) is 5.13 Å². The highest BCUT2D eigenvalue weighted by molar-refractivity contribution is 7.92. The zero-order valence-corrected chi connectivity index (χ0v) is 20.1. The van der Waals surface area contributed by atoms with Gasteiger partial charge in [0, 0.05) is 17.8 Å². The van der Waals surface area contributed by atoms with E-state index in [9.17, 15) is 13.2 Å². The van der Waals surface area contributed by atoms with Crippen LogP contribution in [-0.4, -0.2) is 36.7 Å². The minimum atomic E-state index is -3.42. The predicted molar refractivity (Wildman–Crippen MR) is 130 cm³/mol. The Bertz CT molecular complexity index is 1380. The van der Waals surface area contributed by atoms with E-state index in [0.29, 0.717) is 22.1 Å². The summed E-state index contributed by atoms with van der Waals surface area (Å²) in [7, 11) is -1.83. The second-order valence-corrected chi connectivity index (χ2v) is 11.2. The Kier molecular flexibility index (Phi) is 6.44. The molecular weight excluding hydrogens is 458 g/mol. The monoisotopic (exact) mass is 481 g/mol. The van der Waals surface area contributed by atoms with Crippen LogP contribution < -0.4 is 9.64 Å². The summed E-state index contributed by atoms with van der Waals surface area (Å²) in [5.74, 6) is 0.393. The number of thiazole rings is 1. The number of methoxy groups -OCH3 is 1. The highest BCUT2D eigenvalue weighted by atomic mass is 32.2. The number of nitrogens with zero attached hydrogens (tertiary/aromatic N) is 3. The van der Waals surface area contributed by atoms with Crippen LogP contribution in [-0.2, 0) is 16.4 Å². The molecule has 7 nitrogen and oxygen atoms in total. The highest BCUT2D eigenvalue weighted by Crippen LogP contribution is 2.33. The number of pyridine rings is 1. The number of sulfone groups is 1. The summed E-state index contributed by atoms with van der Waals surface area (Å²) in [5.41, 5.74) is 1.80. The fraction of sp³-hybridized carbons (Fsp3) is 0.208. The van der Waals surface area contributed by atoms with Crippen molar-refractivity contribution in [2.24, 2.45) is 0 Å². The summed E-state index contributed by atoms with van der Waals surface area (Å²) in [6.45, 7) is 3.49. The number of rotatable bonds is 7. The molecule has 2 aromatic heterocycles. The molecule has 0 N–H and O–H groups in total. The van der Waals surface area contributed by atoms with Crippen LogP contribution in [0.5, 0.6) is 5.75 Å². The van der Waals surface area contributed by atoms with Crippen LogP contribution in [0.25, 0.3) is 10.2 Å². The Labute approximate surface area is 196 Å². The van der Waals surface area contributed by atoms with Gasteiger partial charge in [-0.1, -0.05) is 17.4 Å². The van der Waals surface area contributed by atoms with Crippen molar-refractivity contribution in [2.75, 3.05) is 12.0 Å². The van der Waals surface area contributed by atoms with Crippen molar-refractivity contribution in [2.45, 2.75) is 30.5 Å². The maximum Gasteiger partial charge on any atom is 0.260 e. The average molecular weight is 482 g/mol. The predicted octanol–water partition coefficient (Wildman–Crippen LogP) is 4.73. The van der Waals surface area contributed by atoms with Crippen LogP contribution in [0.3, 0.4) is 0 Å². The van der Waals surface area contributed by atoms with E-state index in [0.717, 1.165) is 10.2 Å². The molecule has 0 fully saturated rings. The highest BCUT2D eigenvalue weighted by Gasteiger charge is 2.24. The number of ether oxygens (including phenoxy) is 1. The lowest BCUT2D eigenvalue weighted by Crippen LogP contribution is -2.30. The molecule has 0 aliphatic carbocycles. The fourth-order valence-corrected chi connectivity index (χ4v) is 5.24. The third kappa shape index (κ3) is 4.74. The number of carbonyl (C=O) groups excluding carboxylic acids is 1. The van der Waals surface area contributed by atoms with Gasteiger partial charge in [-0.15, -0.1) is 0 Å². The van der Waals surface area contributed by atoms with E-state index in [4.69, 9.17) is 4.74 Å². The minimum Gasteiger partial charge on any atom is -0.497 e. The topological polar surface area (TPSA) is 89.5 Å². The van der Waals surface area contributed by atoms with Crippen molar-refractivity contribution >= 4 is 42.4 Å². The molecule has 0 saturated carbocycles. The van der Waals surface area contributed by atoms with Crippen molar-refractivity contribution in [3.8, 4) is 5.75 Å². The molecule has 170 valence electrons. The number of carbonyl (C=O) groups is 1. The van der Waals surface area contributed by atoms with Crippen LogP contribution in [0.1, 0.15) is 29.9 Å². The van der Waals surface area contributed by atoms with Crippen LogP contribution >= 0.6 is 11.3 Å². The minimum absolute atomic E-state index is 0.192. The smallest absolute Gasteiger partial charge is 0.260 e. The molecule has 9 heteroatoms. The third-order valence-corrected chi connectivity index (χ3v) is 8.39. The molecule has 2 heterocycles. The Morgan fingerprint density at radius 1 is 1.09 bits per heavy atom. The Hall–Kier alpha value is -3.30. The van der Waals surface area contributed by atoms with Gasteiger partial charge in [0.2, 0.25) is 0 Å². The van der Waals surface area contributed by atoms with E-state index in [1.807, 2.05) is 36.4 Å². The number of benzene rings is 2. The molecule has 4 aromatic rings. The number of aromatic nitrogens is 2. The van der Waals surface area contributed by atoms with Gasteiger partial charge in [-0.25, -0.2) is 13.4 Å². The van der Waals surface area contributed by atoms with Gasteiger partial charge in [0.15, 0.2) is 15.0 Å². The first-order chi connectivity index (χ1) is 15.8. The normalized spacial score (nSPS) is 11.6. The van der Waals surface area contributed by atoms with Gasteiger partial charge < -0.3 is 4.74 Å². The molecule has 0 atom stereocenters. The Morgan fingerprint density at radius 3 is 2.48 bits per heavy atom. The van der Waals surface area contributed by atoms with Gasteiger partial charge in [0.1, 0.15) is 5.75 Å². The van der Waals surface area contributed by atoms with Gasteiger partial charge in [0.05, 0.1) is 39.7 Å². The number of hydrogen-bond donors (Lipinski definition) is 0. The first kappa shape index (κ1) is 22.9. The molecular formula is C24H23N3O4S2. The van der Waals surface area contributed by atoms with Gasteiger partial charge in [-0.2, -0.15) is 0 Å². The van der Waals surface area contributed by atoms with Gasteiger partial charge in [0.25, 0.3) is 5.91 Å². The van der Waals surface area contributed by atoms with E-state index >= 15 is 0 Å². The zero-order valence-electron chi connectivity index (χ0n) is 18.4. The maximum atomic E-state index is 13.5. The summed E-state index contributed by atoms with van der Waals surface area (Å²) in [4.78, 5) is 24.3. The summed E-state index contributed by atoms with van der Waals surface area (Å²) in [6.07, 6.45) is 1.67. The second kappa shape index (κ2) is 9.29. The van der Waals surface area contributed by atoms with Crippen molar-refractivity contribution < 1.29 is 17.9 Å². The van der Waals surface area contributed by atoms with E-state index < -0.39 is 15.1 Å². The van der Waals surface area contributed by atoms with E-state index in [2.05, 4.69) is 9.97 Å². The SMILES string of the molecule is COc1ccc2sc(N(Cc3ccccn3)C(=O)c3ccc(S(=O)(=O)C(C)C)cc3)nc2c1. The standard InChI is InChI=1S/C24H23N3O4S2/c1-16(2)33(29,30)20-10-7-17(8-11-20)23(28)27(15-18-6-4-5-13-25-18)24-26-21-14-19(31-3)9-12-22(21)32-24/h4-14,16H,15H2,1-3H3. The molecule has 0 unspecified atom stereocenters. The van der Waals surface area contributed by atoms with Crippen molar-refractivity contribution in [3.05, 3.63) is 78.1 Å². The molecule has 4 rings (SSSR count). The lowest BCUT2D eigenvalue weighted by atomic mass is 10.2. The number of anilines is 1. The summed E-state index contributed by atoms with van der Waals surface area (Å²) in [5, 5.41) is -0.0211. The average Bonchev–Trinajstić information content (AvgIpc) is 3.25. The Morgan fingerprint density at radius 2 is 1.85 bits per heavy atom. The molecule has 0 aliphatic heterocycles. The number of hydrogen-bond acceptors (Lipinski definition) is 7. The first-order valence-electron chi connectivity index (χ1n) is 10.3. The third-order valence-electron chi connectivity index (χ3n) is 5.16. The number of amides is 1. The lowest BCUT2D eigenvalue weighted by molar-refractivity contribution is 0.0984. The van der Waals surface area contributed by atoms with E-state index in [1.54, 1.807) is 44.2 Å². The van der Waals surface area contributed by atoms with Crippen LogP contribution in [0, 0.1) is 0 Å². The van der Waals surface area contributed by atoms with Crippen molar-refractivity contribution in [1.82, 2.24) is 9.97 Å². The Balaban J connectivity index is 1.72. The molecule has 0 radical (unpaired) electrons. The molecule has 0 saturated heterocycles. The molecule has 33 heavy (non-hydrogen) atoms. The molecule has 1 amide bonds.